The Balaban J connectivity index is 2.81. The molecule has 0 N–H and O–H groups in total. The normalized spacial score (nSPS) is 16.5. The van der Waals surface area contributed by atoms with Crippen LogP contribution in [0.25, 0.3) is 0 Å². The van der Waals surface area contributed by atoms with Crippen LogP contribution in [0, 0.1) is 4.91 Å². The number of nitrogens with zero attached hydrogens (tertiary/aromatic N) is 2. The molecule has 0 spiro atoms. The molecule has 0 aliphatic heterocycles. The molecule has 1 rings (SSSR count). The van der Waals surface area contributed by atoms with Gasteiger partial charge in [-0.15, -0.1) is 0 Å². The Morgan fingerprint density at radius 2 is 1.39 bits per heavy atom. The van der Waals surface area contributed by atoms with Gasteiger partial charge in [-0.2, -0.15) is 0 Å². The summed E-state index contributed by atoms with van der Waals surface area (Å²) in [5, 5.41) is 4.89. The van der Waals surface area contributed by atoms with Crippen molar-refractivity contribution < 1.29 is 3.17 Å². The van der Waals surface area contributed by atoms with E-state index in [2.05, 4.69) is 26.1 Å². The van der Waals surface area contributed by atoms with E-state index in [0.29, 0.717) is 0 Å². The molecule has 23 heavy (non-hydrogen) atoms. The number of unbranched alkanes of at least 4 members (excludes halogenated alkanes) is 3. The zero-order chi connectivity index (χ0) is 17.0. The van der Waals surface area contributed by atoms with Crippen molar-refractivity contribution in [3.05, 3.63) is 4.91 Å². The third kappa shape index (κ3) is 7.72. The van der Waals surface area contributed by atoms with Gasteiger partial charge in [-0.05, 0) is 0 Å². The first-order valence-corrected chi connectivity index (χ1v) is 17.2. The second kappa shape index (κ2) is 12.5. The van der Waals surface area contributed by atoms with Crippen molar-refractivity contribution in [3.63, 3.8) is 0 Å². The zero-order valence-electron chi connectivity index (χ0n) is 15.7. The zero-order valence-corrected chi connectivity index (χ0v) is 18.5. The summed E-state index contributed by atoms with van der Waals surface area (Å²) in [7, 11) is 0. The van der Waals surface area contributed by atoms with Crippen LogP contribution in [0.4, 0.5) is 0 Å². The molecule has 0 amide bonds. The molecule has 0 atom stereocenters. The van der Waals surface area contributed by atoms with E-state index in [0.717, 1.165) is 12.8 Å². The van der Waals surface area contributed by atoms with Gasteiger partial charge in [-0.3, -0.25) is 0 Å². The topological polar surface area (TPSA) is 41.9 Å². The molecular formula is C18H38N2O2Sn. The summed E-state index contributed by atoms with van der Waals surface area (Å²) >= 11 is -2.77. The second-order valence-electron chi connectivity index (χ2n) is 7.26. The van der Waals surface area contributed by atoms with Gasteiger partial charge in [0.1, 0.15) is 0 Å². The van der Waals surface area contributed by atoms with E-state index in [-0.39, 0.29) is 6.04 Å². The number of hydroxylamine groups is 1. The van der Waals surface area contributed by atoms with E-state index >= 15 is 0 Å². The molecule has 0 radical (unpaired) electrons. The molecule has 0 saturated heterocycles. The Morgan fingerprint density at radius 1 is 0.913 bits per heavy atom. The first-order valence-electron chi connectivity index (χ1n) is 10.0. The summed E-state index contributed by atoms with van der Waals surface area (Å²) in [4.78, 5) is 11.5. The number of hydrogen-bond donors (Lipinski definition) is 0. The second-order valence-corrected chi connectivity index (χ2v) is 18.8. The molecule has 1 saturated carbocycles. The van der Waals surface area contributed by atoms with Crippen LogP contribution in [0.2, 0.25) is 13.3 Å². The van der Waals surface area contributed by atoms with Crippen LogP contribution in [0.1, 0.15) is 91.4 Å². The van der Waals surface area contributed by atoms with Crippen molar-refractivity contribution in [2.45, 2.75) is 111 Å². The Labute approximate surface area is 148 Å². The van der Waals surface area contributed by atoms with Crippen molar-refractivity contribution in [3.8, 4) is 0 Å². The number of nitroso groups, excluding NO2 is 1. The summed E-state index contributed by atoms with van der Waals surface area (Å²) in [5.74, 6) is 0. The first-order chi connectivity index (χ1) is 11.2. The predicted molar refractivity (Wildman–Crippen MR) is 100 cm³/mol. The van der Waals surface area contributed by atoms with E-state index in [9.17, 15) is 4.91 Å². The summed E-state index contributed by atoms with van der Waals surface area (Å²) in [6.07, 6.45) is 13.3. The Hall–Kier alpha value is 0.159. The van der Waals surface area contributed by atoms with Crippen LogP contribution in [0.3, 0.4) is 0 Å². The average Bonchev–Trinajstić information content (AvgIpc) is 2.61. The maximum atomic E-state index is 11.5. The van der Waals surface area contributed by atoms with Gasteiger partial charge in [0.2, 0.25) is 0 Å². The molecule has 0 heterocycles. The maximum absolute atomic E-state index is 11.5. The molecule has 1 aliphatic carbocycles. The average molecular weight is 433 g/mol. The van der Waals surface area contributed by atoms with Crippen LogP contribution < -0.4 is 0 Å². The monoisotopic (exact) mass is 434 g/mol. The molecule has 0 aromatic carbocycles. The fourth-order valence-electron chi connectivity index (χ4n) is 3.67. The third-order valence-electron chi connectivity index (χ3n) is 5.21. The van der Waals surface area contributed by atoms with Gasteiger partial charge in [0, 0.05) is 0 Å². The summed E-state index contributed by atoms with van der Waals surface area (Å²) in [5.41, 5.74) is 0. The van der Waals surface area contributed by atoms with Crippen molar-refractivity contribution in [2.75, 3.05) is 0 Å². The Bertz CT molecular complexity index is 288. The molecule has 136 valence electrons. The minimum absolute atomic E-state index is 0.238. The van der Waals surface area contributed by atoms with Gasteiger partial charge in [-0.1, -0.05) is 0 Å². The van der Waals surface area contributed by atoms with E-state index < -0.39 is 18.8 Å². The van der Waals surface area contributed by atoms with Crippen LogP contribution in [0.15, 0.2) is 5.29 Å². The van der Waals surface area contributed by atoms with Crippen molar-refractivity contribution in [1.29, 1.82) is 0 Å². The molecule has 0 unspecified atom stereocenters. The van der Waals surface area contributed by atoms with Crippen LogP contribution in [0.5, 0.6) is 0 Å². The Kier molecular flexibility index (Phi) is 11.5. The molecule has 1 fully saturated rings. The van der Waals surface area contributed by atoms with Gasteiger partial charge in [0.05, 0.1) is 0 Å². The molecule has 5 heteroatoms. The molecule has 4 nitrogen and oxygen atoms in total. The molecule has 0 bridgehead atoms. The van der Waals surface area contributed by atoms with Gasteiger partial charge < -0.3 is 0 Å². The van der Waals surface area contributed by atoms with Crippen molar-refractivity contribution in [2.24, 2.45) is 5.29 Å². The van der Waals surface area contributed by atoms with Crippen LogP contribution in [-0.2, 0) is 3.17 Å². The standard InChI is InChI=1S/C6H11N2O2.3C4H9.Sn/c9-7-8(10)6-4-2-1-3-5-6;3*1-3-4-2;/h6H,1-5H2;3*1,3-4H2,2H3;/q-1;;;;+1. The van der Waals surface area contributed by atoms with Crippen LogP contribution in [-0.4, -0.2) is 30.0 Å². The predicted octanol–water partition coefficient (Wildman–Crippen LogP) is 6.58. The first kappa shape index (κ1) is 21.2. The summed E-state index contributed by atoms with van der Waals surface area (Å²) in [6.45, 7) is 6.77. The van der Waals surface area contributed by atoms with E-state index in [4.69, 9.17) is 3.17 Å². The van der Waals surface area contributed by atoms with E-state index in [1.165, 1.54) is 71.1 Å². The molecule has 0 aromatic heterocycles. The van der Waals surface area contributed by atoms with Gasteiger partial charge in [0.25, 0.3) is 0 Å². The molecular weight excluding hydrogens is 395 g/mol. The van der Waals surface area contributed by atoms with Crippen molar-refractivity contribution >= 4 is 18.8 Å². The summed E-state index contributed by atoms with van der Waals surface area (Å²) < 4.78 is 10.4. The van der Waals surface area contributed by atoms with Crippen molar-refractivity contribution in [1.82, 2.24) is 5.17 Å². The van der Waals surface area contributed by atoms with E-state index in [1.54, 1.807) is 5.17 Å². The quantitative estimate of drug-likeness (QED) is 0.187. The fraction of sp³-hybridized carbons (Fsp3) is 1.00. The molecule has 0 aromatic rings. The third-order valence-corrected chi connectivity index (χ3v) is 17.7. The number of rotatable bonds is 13. The van der Waals surface area contributed by atoms with Gasteiger partial charge in [0.15, 0.2) is 0 Å². The Morgan fingerprint density at radius 3 is 1.78 bits per heavy atom. The van der Waals surface area contributed by atoms with Gasteiger partial charge >= 0.3 is 148 Å². The molecule has 1 aliphatic rings. The minimum atomic E-state index is -2.77. The summed E-state index contributed by atoms with van der Waals surface area (Å²) in [6, 6.07) is 0.238. The van der Waals surface area contributed by atoms with Crippen LogP contribution >= 0.6 is 0 Å². The fourth-order valence-corrected chi connectivity index (χ4v) is 16.8. The number of hydrogen-bond acceptors (Lipinski definition) is 3. The van der Waals surface area contributed by atoms with Gasteiger partial charge in [-0.25, -0.2) is 0 Å². The SMILES string of the molecule is CCC[CH2][Sn]([CH2]CCC)([CH2]CCC)[O]N(N=O)C1CCCCC1. The van der Waals surface area contributed by atoms with E-state index in [1.807, 2.05) is 0 Å².